The predicted octanol–water partition coefficient (Wildman–Crippen LogP) is 4.06. The number of nitrogens with zero attached hydrogens (tertiary/aromatic N) is 2. The molecular formula is C20H18BrFN2O3. The van der Waals surface area contributed by atoms with Gasteiger partial charge in [-0.05, 0) is 30.3 Å². The molecule has 7 heteroatoms. The highest BCUT2D eigenvalue weighted by Crippen LogP contribution is 2.28. The van der Waals surface area contributed by atoms with Crippen LogP contribution in [0, 0.1) is 17.1 Å². The van der Waals surface area contributed by atoms with Crippen molar-refractivity contribution in [2.45, 2.75) is 6.54 Å². The van der Waals surface area contributed by atoms with Crippen LogP contribution in [0.25, 0.3) is 0 Å². The van der Waals surface area contributed by atoms with Crippen molar-refractivity contribution in [1.82, 2.24) is 4.90 Å². The zero-order chi connectivity index (χ0) is 19.8. The number of rotatable bonds is 8. The van der Waals surface area contributed by atoms with Crippen molar-refractivity contribution >= 4 is 21.8 Å². The molecule has 0 N–H and O–H groups in total. The van der Waals surface area contributed by atoms with Crippen LogP contribution >= 0.6 is 15.9 Å². The third-order valence-electron chi connectivity index (χ3n) is 3.72. The summed E-state index contributed by atoms with van der Waals surface area (Å²) in [5, 5.41) is 8.93. The van der Waals surface area contributed by atoms with Crippen molar-refractivity contribution in [2.24, 2.45) is 0 Å². The highest BCUT2D eigenvalue weighted by Gasteiger charge is 2.17. The quantitative estimate of drug-likeness (QED) is 0.590. The summed E-state index contributed by atoms with van der Waals surface area (Å²) in [6.45, 7) is 3.72. The molecule has 0 heterocycles. The lowest BCUT2D eigenvalue weighted by Crippen LogP contribution is -2.35. The van der Waals surface area contributed by atoms with E-state index < -0.39 is 5.82 Å². The molecule has 0 saturated heterocycles. The molecule has 0 aromatic heterocycles. The number of carbonyl (C=O) groups excluding carboxylic acids is 1. The van der Waals surface area contributed by atoms with Crippen molar-refractivity contribution in [3.8, 4) is 17.6 Å². The van der Waals surface area contributed by atoms with Crippen LogP contribution < -0.4 is 9.47 Å². The van der Waals surface area contributed by atoms with Crippen molar-refractivity contribution in [3.63, 3.8) is 0 Å². The number of ether oxygens (including phenoxy) is 2. The maximum atomic E-state index is 14.0. The Labute approximate surface area is 165 Å². The molecule has 0 bridgehead atoms. The summed E-state index contributed by atoms with van der Waals surface area (Å²) in [6.07, 6.45) is 1.57. The maximum absolute atomic E-state index is 14.0. The lowest BCUT2D eigenvalue weighted by Gasteiger charge is -2.22. The summed E-state index contributed by atoms with van der Waals surface area (Å²) >= 11 is 3.30. The van der Waals surface area contributed by atoms with Crippen LogP contribution in [0.4, 0.5) is 4.39 Å². The molecule has 0 aliphatic heterocycles. The van der Waals surface area contributed by atoms with E-state index in [9.17, 15) is 9.18 Å². The first kappa shape index (κ1) is 20.5. The molecule has 2 aromatic carbocycles. The fourth-order valence-electron chi connectivity index (χ4n) is 2.37. The highest BCUT2D eigenvalue weighted by molar-refractivity contribution is 9.10. The predicted molar refractivity (Wildman–Crippen MR) is 103 cm³/mol. The molecule has 0 saturated carbocycles. The molecular weight excluding hydrogens is 415 g/mol. The van der Waals surface area contributed by atoms with Gasteiger partial charge in [0.1, 0.15) is 5.82 Å². The molecule has 0 atom stereocenters. The van der Waals surface area contributed by atoms with Gasteiger partial charge in [0.2, 0.25) is 0 Å². The van der Waals surface area contributed by atoms with Gasteiger partial charge in [-0.25, -0.2) is 4.39 Å². The lowest BCUT2D eigenvalue weighted by atomic mass is 10.2. The number of benzene rings is 2. The molecule has 0 aliphatic rings. The van der Waals surface area contributed by atoms with Crippen LogP contribution in [0.3, 0.4) is 0 Å². The molecule has 140 valence electrons. The van der Waals surface area contributed by atoms with Gasteiger partial charge < -0.3 is 14.4 Å². The fourth-order valence-corrected chi connectivity index (χ4v) is 2.78. The lowest BCUT2D eigenvalue weighted by molar-refractivity contribution is -0.133. The van der Waals surface area contributed by atoms with Crippen LogP contribution in [-0.2, 0) is 11.3 Å². The average Bonchev–Trinajstić information content (AvgIpc) is 2.68. The number of halogens is 2. The Bertz CT molecular complexity index is 880. The van der Waals surface area contributed by atoms with Crippen LogP contribution in [-0.4, -0.2) is 31.1 Å². The van der Waals surface area contributed by atoms with Gasteiger partial charge in [-0.2, -0.15) is 5.26 Å². The summed E-state index contributed by atoms with van der Waals surface area (Å²) in [7, 11) is 1.45. The minimum atomic E-state index is -0.394. The van der Waals surface area contributed by atoms with E-state index in [2.05, 4.69) is 22.5 Å². The van der Waals surface area contributed by atoms with Gasteiger partial charge >= 0.3 is 0 Å². The third-order valence-corrected chi connectivity index (χ3v) is 4.21. The van der Waals surface area contributed by atoms with Crippen molar-refractivity contribution in [1.29, 1.82) is 5.26 Å². The Morgan fingerprint density at radius 2 is 2.11 bits per heavy atom. The molecule has 0 unspecified atom stereocenters. The first-order valence-electron chi connectivity index (χ1n) is 8.02. The van der Waals surface area contributed by atoms with E-state index in [0.717, 1.165) is 4.47 Å². The number of hydrogen-bond donors (Lipinski definition) is 0. The van der Waals surface area contributed by atoms with Crippen LogP contribution in [0.15, 0.2) is 53.5 Å². The molecule has 0 aliphatic carbocycles. The number of carbonyl (C=O) groups is 1. The Morgan fingerprint density at radius 1 is 1.33 bits per heavy atom. The molecule has 27 heavy (non-hydrogen) atoms. The topological polar surface area (TPSA) is 62.6 Å². The van der Waals surface area contributed by atoms with E-state index in [1.807, 2.05) is 6.07 Å². The smallest absolute Gasteiger partial charge is 0.261 e. The van der Waals surface area contributed by atoms with Gasteiger partial charge in [0.25, 0.3) is 5.91 Å². The molecule has 0 spiro atoms. The molecule has 2 rings (SSSR count). The van der Waals surface area contributed by atoms with E-state index >= 15 is 0 Å². The van der Waals surface area contributed by atoms with Crippen molar-refractivity contribution in [2.75, 3.05) is 20.3 Å². The summed E-state index contributed by atoms with van der Waals surface area (Å²) in [5.41, 5.74) is 0.805. The normalized spacial score (nSPS) is 10.0. The zero-order valence-electron chi connectivity index (χ0n) is 14.7. The number of amides is 1. The summed E-state index contributed by atoms with van der Waals surface area (Å²) in [4.78, 5) is 14.0. The van der Waals surface area contributed by atoms with Gasteiger partial charge in [-0.1, -0.05) is 22.0 Å². The van der Waals surface area contributed by atoms with E-state index in [1.165, 1.54) is 24.1 Å². The van der Waals surface area contributed by atoms with Crippen LogP contribution in [0.5, 0.6) is 11.5 Å². The minimum Gasteiger partial charge on any atom is -0.493 e. The second-order valence-electron chi connectivity index (χ2n) is 5.56. The fraction of sp³-hybridized carbons (Fsp3) is 0.200. The summed E-state index contributed by atoms with van der Waals surface area (Å²) < 4.78 is 25.4. The third kappa shape index (κ3) is 5.56. The second kappa shape index (κ2) is 9.74. The largest absolute Gasteiger partial charge is 0.493 e. The SMILES string of the molecule is C=CCN(Cc1cc(Br)ccc1F)C(=O)COc1ccc(C#N)cc1OC. The molecule has 0 fully saturated rings. The van der Waals surface area contributed by atoms with Gasteiger partial charge in [0.15, 0.2) is 18.1 Å². The maximum Gasteiger partial charge on any atom is 0.261 e. The molecule has 5 nitrogen and oxygen atoms in total. The Kier molecular flexibility index (Phi) is 7.38. The van der Waals surface area contributed by atoms with E-state index in [0.29, 0.717) is 22.6 Å². The standard InChI is InChI=1S/C20H18BrFN2O3/c1-3-8-24(12-15-10-16(21)5-6-17(15)22)20(25)13-27-18-7-4-14(11-23)9-19(18)26-2/h3-7,9-10H,1,8,12-13H2,2H3. The van der Waals surface area contributed by atoms with Crippen molar-refractivity contribution < 1.29 is 18.7 Å². The van der Waals surface area contributed by atoms with Crippen LogP contribution in [0.1, 0.15) is 11.1 Å². The molecule has 0 radical (unpaired) electrons. The monoisotopic (exact) mass is 432 g/mol. The number of nitriles is 1. The first-order chi connectivity index (χ1) is 13.0. The average molecular weight is 433 g/mol. The van der Waals surface area contributed by atoms with Crippen LogP contribution in [0.2, 0.25) is 0 Å². The molecule has 1 amide bonds. The number of hydrogen-bond acceptors (Lipinski definition) is 4. The first-order valence-corrected chi connectivity index (χ1v) is 8.81. The summed E-state index contributed by atoms with van der Waals surface area (Å²) in [6, 6.07) is 11.2. The minimum absolute atomic E-state index is 0.0873. The van der Waals surface area contributed by atoms with E-state index in [4.69, 9.17) is 14.7 Å². The Hall–Kier alpha value is -2.85. The van der Waals surface area contributed by atoms with Gasteiger partial charge in [-0.15, -0.1) is 6.58 Å². The Morgan fingerprint density at radius 3 is 2.78 bits per heavy atom. The van der Waals surface area contributed by atoms with E-state index in [-0.39, 0.29) is 25.6 Å². The number of methoxy groups -OCH3 is 1. The van der Waals surface area contributed by atoms with E-state index in [1.54, 1.807) is 30.3 Å². The second-order valence-corrected chi connectivity index (χ2v) is 6.48. The van der Waals surface area contributed by atoms with Crippen molar-refractivity contribution in [3.05, 3.63) is 70.5 Å². The summed E-state index contributed by atoms with van der Waals surface area (Å²) in [5.74, 6) is -0.0253. The molecule has 2 aromatic rings. The van der Waals surface area contributed by atoms with Gasteiger partial charge in [0.05, 0.1) is 18.7 Å². The zero-order valence-corrected chi connectivity index (χ0v) is 16.3. The Balaban J connectivity index is 2.10. The van der Waals surface area contributed by atoms with Gasteiger partial charge in [0, 0.05) is 29.2 Å². The van der Waals surface area contributed by atoms with Gasteiger partial charge in [-0.3, -0.25) is 4.79 Å². The highest BCUT2D eigenvalue weighted by atomic mass is 79.9.